The van der Waals surface area contributed by atoms with Crippen molar-refractivity contribution in [3.63, 3.8) is 0 Å². The summed E-state index contributed by atoms with van der Waals surface area (Å²) in [5, 5.41) is 0. The molecule has 0 saturated heterocycles. The van der Waals surface area contributed by atoms with Gasteiger partial charge in [-0.2, -0.15) is 0 Å². The monoisotopic (exact) mass is 441 g/mol. The lowest BCUT2D eigenvalue weighted by Crippen LogP contribution is -2.12. The molecule has 7 heteroatoms. The zero-order chi connectivity index (χ0) is 13.0. The van der Waals surface area contributed by atoms with E-state index in [1.165, 1.54) is 9.21 Å². The molecule has 0 atom stereocenters. The van der Waals surface area contributed by atoms with Crippen LogP contribution in [0.25, 0.3) is 11.0 Å². The molecule has 4 nitrogen and oxygen atoms in total. The van der Waals surface area contributed by atoms with E-state index in [4.69, 9.17) is 9.92 Å². The number of benzene rings is 1. The van der Waals surface area contributed by atoms with Crippen molar-refractivity contribution < 1.29 is 4.18 Å². The van der Waals surface area contributed by atoms with Crippen molar-refractivity contribution in [3.05, 3.63) is 28.5 Å². The van der Waals surface area contributed by atoms with E-state index in [1.807, 2.05) is 12.1 Å². The summed E-state index contributed by atoms with van der Waals surface area (Å²) in [5.74, 6) is 1.02. The van der Waals surface area contributed by atoms with E-state index >= 15 is 0 Å². The van der Waals surface area contributed by atoms with Crippen LogP contribution in [0.1, 0.15) is 5.82 Å². The largest absolute Gasteiger partial charge is 0.330 e. The van der Waals surface area contributed by atoms with Crippen molar-refractivity contribution in [3.8, 4) is 0 Å². The van der Waals surface area contributed by atoms with Crippen LogP contribution in [0, 0.1) is 0 Å². The molecule has 0 fully saturated rings. The Morgan fingerprint density at radius 3 is 3.06 bits per heavy atom. The van der Waals surface area contributed by atoms with Crippen molar-refractivity contribution in [2.24, 2.45) is 5.73 Å². The first-order valence-electron chi connectivity index (χ1n) is 5.51. The molecule has 1 heterocycles. The third-order valence-electron chi connectivity index (χ3n) is 2.60. The number of nitrogens with zero attached hydrogens (tertiary/aromatic N) is 2. The van der Waals surface area contributed by atoms with Crippen molar-refractivity contribution >= 4 is 57.4 Å². The van der Waals surface area contributed by atoms with Crippen molar-refractivity contribution in [1.29, 1.82) is 0 Å². The van der Waals surface area contributed by atoms with E-state index < -0.39 is 0 Å². The molecule has 98 valence electrons. The van der Waals surface area contributed by atoms with Crippen LogP contribution >= 0.6 is 46.3 Å². The van der Waals surface area contributed by atoms with E-state index in [2.05, 4.69) is 52.8 Å². The summed E-state index contributed by atoms with van der Waals surface area (Å²) in [6, 6.07) is 6.13. The molecule has 0 saturated carbocycles. The second kappa shape index (κ2) is 7.09. The summed E-state index contributed by atoms with van der Waals surface area (Å²) in [6.45, 7) is 2.06. The van der Waals surface area contributed by atoms with Crippen molar-refractivity contribution in [2.75, 3.05) is 13.2 Å². The Balaban J connectivity index is 2.35. The number of rotatable bonds is 6. The van der Waals surface area contributed by atoms with E-state index in [9.17, 15) is 0 Å². The number of imidazole rings is 1. The smallest absolute Gasteiger partial charge is 0.111 e. The quantitative estimate of drug-likeness (QED) is 0.424. The van der Waals surface area contributed by atoms with E-state index in [0.29, 0.717) is 13.2 Å². The van der Waals surface area contributed by atoms with E-state index in [1.54, 1.807) is 0 Å². The Hall–Kier alpha value is 0.170. The molecule has 0 aliphatic carbocycles. The fraction of sp³-hybridized carbons (Fsp3) is 0.364. The fourth-order valence-electron chi connectivity index (χ4n) is 1.88. The number of hydrogen-bond donors (Lipinski definition) is 1. The van der Waals surface area contributed by atoms with Crippen LogP contribution in [0.3, 0.4) is 0 Å². The van der Waals surface area contributed by atoms with E-state index in [0.717, 1.165) is 34.3 Å². The Morgan fingerprint density at radius 1 is 1.50 bits per heavy atom. The topological polar surface area (TPSA) is 53.1 Å². The molecule has 2 aromatic rings. The number of nitrogens with two attached hydrogens (primary N) is 1. The minimum Gasteiger partial charge on any atom is -0.330 e. The minimum atomic E-state index is 0.604. The molecule has 0 radical (unpaired) electrons. The summed E-state index contributed by atoms with van der Waals surface area (Å²) in [4.78, 5) is 4.63. The van der Waals surface area contributed by atoms with Gasteiger partial charge < -0.3 is 14.5 Å². The second-order valence-corrected chi connectivity index (χ2v) is 6.09. The number of halogens is 2. The Labute approximate surface area is 131 Å². The van der Waals surface area contributed by atoms with Gasteiger partial charge in [-0.25, -0.2) is 4.98 Å². The van der Waals surface area contributed by atoms with Crippen LogP contribution in [0.15, 0.2) is 22.7 Å². The van der Waals surface area contributed by atoms with Crippen molar-refractivity contribution in [2.45, 2.75) is 13.0 Å². The molecule has 0 bridgehead atoms. The third kappa shape index (κ3) is 3.38. The predicted octanol–water partition coefficient (Wildman–Crippen LogP) is 3.31. The molecular weight excluding hydrogens is 429 g/mol. The fourth-order valence-corrected chi connectivity index (χ4v) is 2.91. The van der Waals surface area contributed by atoms with Gasteiger partial charge in [0.25, 0.3) is 0 Å². The highest BCUT2D eigenvalue weighted by Gasteiger charge is 2.10. The predicted molar refractivity (Wildman–Crippen MR) is 87.8 cm³/mol. The maximum absolute atomic E-state index is 5.64. The lowest BCUT2D eigenvalue weighted by atomic mass is 10.3. The molecule has 0 spiro atoms. The van der Waals surface area contributed by atoms with Crippen molar-refractivity contribution in [1.82, 2.24) is 9.55 Å². The van der Waals surface area contributed by atoms with Crippen LogP contribution in [-0.4, -0.2) is 22.7 Å². The molecule has 0 aliphatic rings. The van der Waals surface area contributed by atoms with Gasteiger partial charge in [-0.3, -0.25) is 0 Å². The normalized spacial score (nSPS) is 11.3. The zero-order valence-electron chi connectivity index (χ0n) is 9.60. The molecule has 0 amide bonds. The van der Waals surface area contributed by atoms with Crippen LogP contribution in [-0.2, 0) is 17.1 Å². The van der Waals surface area contributed by atoms with Gasteiger partial charge in [0.2, 0.25) is 0 Å². The van der Waals surface area contributed by atoms with Gasteiger partial charge in [-0.05, 0) is 24.7 Å². The van der Waals surface area contributed by atoms with Gasteiger partial charge in [0.1, 0.15) is 5.82 Å². The van der Waals surface area contributed by atoms with Gasteiger partial charge in [-0.1, -0.05) is 15.9 Å². The van der Waals surface area contributed by atoms with Crippen LogP contribution in [0.2, 0.25) is 0 Å². The lowest BCUT2D eigenvalue weighted by molar-refractivity contribution is 0.353. The summed E-state index contributed by atoms with van der Waals surface area (Å²) in [6.07, 6.45) is 0.781. The highest BCUT2D eigenvalue weighted by molar-refractivity contribution is 14.2. The van der Waals surface area contributed by atoms with Crippen LogP contribution < -0.4 is 5.73 Å². The molecule has 0 aliphatic heterocycles. The Bertz CT molecular complexity index is 534. The molecule has 1 aromatic heterocycles. The molecular formula is C11H13BrIN3OS. The van der Waals surface area contributed by atoms with Gasteiger partial charge in [0.05, 0.1) is 26.9 Å². The molecule has 1 aromatic carbocycles. The molecule has 0 unspecified atom stereocenters. The lowest BCUT2D eigenvalue weighted by Gasteiger charge is -2.07. The molecule has 2 rings (SSSR count). The zero-order valence-corrected chi connectivity index (χ0v) is 14.2. The highest BCUT2D eigenvalue weighted by atomic mass is 127. The summed E-state index contributed by atoms with van der Waals surface area (Å²) < 4.78 is 8.55. The van der Waals surface area contributed by atoms with Crippen LogP contribution in [0.5, 0.6) is 0 Å². The average molecular weight is 442 g/mol. The maximum Gasteiger partial charge on any atom is 0.111 e. The third-order valence-corrected chi connectivity index (χ3v) is 4.11. The average Bonchev–Trinajstić information content (AvgIpc) is 2.67. The summed E-state index contributed by atoms with van der Waals surface area (Å²) >= 11 is 5.59. The minimum absolute atomic E-state index is 0.604. The van der Waals surface area contributed by atoms with E-state index in [-0.39, 0.29) is 0 Å². The number of hydrogen-bond acceptors (Lipinski definition) is 4. The molecule has 2 N–H and O–H groups in total. The van der Waals surface area contributed by atoms with Gasteiger partial charge in [-0.15, -0.1) is 0 Å². The highest BCUT2D eigenvalue weighted by Crippen LogP contribution is 2.21. The Kier molecular flexibility index (Phi) is 5.74. The van der Waals surface area contributed by atoms with Gasteiger partial charge >= 0.3 is 0 Å². The number of aromatic nitrogens is 2. The van der Waals surface area contributed by atoms with Crippen LogP contribution in [0.4, 0.5) is 0 Å². The summed E-state index contributed by atoms with van der Waals surface area (Å²) in [7, 11) is 1.35. The standard InChI is InChI=1S/C11H13BrIN3OS/c12-8-1-2-10-9(7-8)15-11(3-4-14)16(10)5-6-17-18-13/h1-2,7H,3-6,14H2. The van der Waals surface area contributed by atoms with Gasteiger partial charge in [0, 0.05) is 38.6 Å². The molecule has 18 heavy (non-hydrogen) atoms. The second-order valence-electron chi connectivity index (χ2n) is 3.74. The SMILES string of the molecule is NCCc1nc2cc(Br)ccc2n1CCOSI. The first kappa shape index (κ1) is 14.6. The van der Waals surface area contributed by atoms with Gasteiger partial charge in [0.15, 0.2) is 0 Å². The first-order valence-corrected chi connectivity index (χ1v) is 9.59. The number of fused-ring (bicyclic) bond motifs is 1. The maximum atomic E-state index is 5.64. The summed E-state index contributed by atoms with van der Waals surface area (Å²) in [5.41, 5.74) is 7.76. The Morgan fingerprint density at radius 2 is 2.33 bits per heavy atom. The first-order chi connectivity index (χ1) is 8.76.